The van der Waals surface area contributed by atoms with Gasteiger partial charge in [0.1, 0.15) is 0 Å². The summed E-state index contributed by atoms with van der Waals surface area (Å²) in [7, 11) is 0. The molecule has 0 atom stereocenters. The standard InChI is InChI=1S/C16H26.C15H22N2.C11H16.C2H6/c1-3-4-5-6-7-8-9-10-16-13-11-15(2)12-14-16;1-12(5-3-4-6-13(2)17)15-9-7-14(11-16)8-10-15;1-3-5-11-8-6-10(4-2)7-9-11;1-2/h11-14H,3-10H2,1-2H3;7-10H,1-6,11,16-17H2;6-9H,3-5H2,1-2H3;1-2H3. The predicted octanol–water partition coefficient (Wildman–Crippen LogP) is 12.7. The molecule has 46 heavy (non-hydrogen) atoms. The number of nitrogens with two attached hydrogens (primary N) is 2. The average Bonchev–Trinajstić information content (AvgIpc) is 3.09. The molecule has 0 spiro atoms. The Morgan fingerprint density at radius 2 is 1.02 bits per heavy atom. The number of hydrogen-bond donors (Lipinski definition) is 2. The van der Waals surface area contributed by atoms with E-state index in [9.17, 15) is 0 Å². The van der Waals surface area contributed by atoms with Gasteiger partial charge in [0.2, 0.25) is 0 Å². The lowest BCUT2D eigenvalue weighted by atomic mass is 10.00. The molecule has 0 aliphatic heterocycles. The molecule has 2 nitrogen and oxygen atoms in total. The highest BCUT2D eigenvalue weighted by Crippen LogP contribution is 2.20. The van der Waals surface area contributed by atoms with Crippen molar-refractivity contribution in [3.8, 4) is 0 Å². The number of allylic oxidation sites excluding steroid dienone is 2. The van der Waals surface area contributed by atoms with Crippen LogP contribution in [-0.4, -0.2) is 0 Å². The summed E-state index contributed by atoms with van der Waals surface area (Å²) < 4.78 is 0. The molecule has 0 amide bonds. The van der Waals surface area contributed by atoms with Crippen molar-refractivity contribution in [1.29, 1.82) is 0 Å². The second-order valence-electron chi connectivity index (χ2n) is 12.1. The second kappa shape index (κ2) is 29.3. The van der Waals surface area contributed by atoms with Crippen LogP contribution in [-0.2, 0) is 25.8 Å². The van der Waals surface area contributed by atoms with Crippen molar-refractivity contribution in [2.75, 3.05) is 0 Å². The monoisotopic (exact) mass is 627 g/mol. The number of hydrogen-bond acceptors (Lipinski definition) is 2. The Hall–Kier alpha value is -3.10. The van der Waals surface area contributed by atoms with E-state index in [1.165, 1.54) is 97.6 Å². The zero-order valence-electron chi connectivity index (χ0n) is 30.8. The fourth-order valence-electron chi connectivity index (χ4n) is 4.98. The molecule has 0 bridgehead atoms. The fraction of sp³-hybridized carbons (Fsp3) is 0.500. The lowest BCUT2D eigenvalue weighted by Gasteiger charge is -2.07. The highest BCUT2D eigenvalue weighted by Gasteiger charge is 2.00. The van der Waals surface area contributed by atoms with Crippen molar-refractivity contribution in [2.24, 2.45) is 11.5 Å². The molecule has 256 valence electrons. The fourth-order valence-corrected chi connectivity index (χ4v) is 4.98. The molecule has 0 saturated carbocycles. The highest BCUT2D eigenvalue weighted by atomic mass is 14.5. The molecule has 0 fully saturated rings. The van der Waals surface area contributed by atoms with E-state index in [1.807, 2.05) is 13.8 Å². The zero-order chi connectivity index (χ0) is 34.4. The van der Waals surface area contributed by atoms with Crippen LogP contribution in [0.3, 0.4) is 0 Å². The van der Waals surface area contributed by atoms with Gasteiger partial charge in [-0.2, -0.15) is 0 Å². The Kier molecular flexibility index (Phi) is 27.3. The maximum Gasteiger partial charge on any atom is 0.0178 e. The quantitative estimate of drug-likeness (QED) is 0.138. The molecule has 3 aromatic carbocycles. The summed E-state index contributed by atoms with van der Waals surface area (Å²) in [6, 6.07) is 26.2. The molecule has 0 aliphatic rings. The zero-order valence-corrected chi connectivity index (χ0v) is 30.8. The van der Waals surface area contributed by atoms with Crippen LogP contribution in [0.2, 0.25) is 0 Å². The van der Waals surface area contributed by atoms with Crippen molar-refractivity contribution >= 4 is 5.57 Å². The summed E-state index contributed by atoms with van der Waals surface area (Å²) >= 11 is 0. The number of rotatable bonds is 18. The third kappa shape index (κ3) is 22.4. The molecule has 0 saturated heterocycles. The Morgan fingerprint density at radius 3 is 1.54 bits per heavy atom. The molecule has 4 N–H and O–H groups in total. The Balaban J connectivity index is 0.000000655. The normalized spacial score (nSPS) is 9.98. The molecule has 3 rings (SSSR count). The van der Waals surface area contributed by atoms with E-state index in [2.05, 4.69) is 114 Å². The van der Waals surface area contributed by atoms with Gasteiger partial charge < -0.3 is 11.5 Å². The van der Waals surface area contributed by atoms with Crippen molar-refractivity contribution in [3.63, 3.8) is 0 Å². The van der Waals surface area contributed by atoms with E-state index >= 15 is 0 Å². The second-order valence-corrected chi connectivity index (χ2v) is 12.1. The number of aryl methyl sites for hydroxylation is 4. The van der Waals surface area contributed by atoms with Gasteiger partial charge in [-0.05, 0) is 91.7 Å². The van der Waals surface area contributed by atoms with E-state index in [4.69, 9.17) is 11.5 Å². The van der Waals surface area contributed by atoms with E-state index in [1.54, 1.807) is 0 Å². The molecular weight excluding hydrogens is 556 g/mol. The summed E-state index contributed by atoms with van der Waals surface area (Å²) in [5, 5.41) is 0. The van der Waals surface area contributed by atoms with Crippen LogP contribution in [0, 0.1) is 6.92 Å². The Morgan fingerprint density at radius 1 is 0.543 bits per heavy atom. The molecule has 3 aromatic rings. The average molecular weight is 627 g/mol. The van der Waals surface area contributed by atoms with E-state index in [0.717, 1.165) is 43.4 Å². The minimum atomic E-state index is 0.589. The van der Waals surface area contributed by atoms with Crippen molar-refractivity contribution in [3.05, 3.63) is 125 Å². The highest BCUT2D eigenvalue weighted by molar-refractivity contribution is 5.63. The summed E-state index contributed by atoms with van der Waals surface area (Å²) in [5.74, 6) is 0. The number of benzene rings is 3. The van der Waals surface area contributed by atoms with Crippen LogP contribution in [0.1, 0.15) is 145 Å². The topological polar surface area (TPSA) is 52.0 Å². The minimum absolute atomic E-state index is 0.589. The first-order chi connectivity index (χ1) is 22.3. The van der Waals surface area contributed by atoms with E-state index in [-0.39, 0.29) is 0 Å². The molecule has 0 heterocycles. The van der Waals surface area contributed by atoms with Crippen LogP contribution in [0.4, 0.5) is 0 Å². The molecular formula is C44H70N2. The first-order valence-electron chi connectivity index (χ1n) is 18.4. The molecule has 0 radical (unpaired) electrons. The first kappa shape index (κ1) is 42.9. The van der Waals surface area contributed by atoms with Crippen LogP contribution in [0.15, 0.2) is 91.7 Å². The maximum absolute atomic E-state index is 5.56. The number of unbranched alkanes of at least 4 members (excludes halogenated alkanes) is 7. The van der Waals surface area contributed by atoms with Crippen LogP contribution >= 0.6 is 0 Å². The van der Waals surface area contributed by atoms with Gasteiger partial charge in [0.25, 0.3) is 0 Å². The SMILES string of the molecule is C=C(N)CCCCC(=C)c1ccc(CN)cc1.CC.CCCCCCCCCc1ccc(C)cc1.CCCc1ccc(CC)cc1. The smallest absolute Gasteiger partial charge is 0.0178 e. The Bertz CT molecular complexity index is 1120. The van der Waals surface area contributed by atoms with Gasteiger partial charge in [0, 0.05) is 12.2 Å². The van der Waals surface area contributed by atoms with Crippen molar-refractivity contribution in [2.45, 2.75) is 144 Å². The summed E-state index contributed by atoms with van der Waals surface area (Å²) in [6.45, 7) is 21.2. The lowest BCUT2D eigenvalue weighted by Crippen LogP contribution is -1.96. The van der Waals surface area contributed by atoms with Gasteiger partial charge in [-0.25, -0.2) is 0 Å². The van der Waals surface area contributed by atoms with Gasteiger partial charge >= 0.3 is 0 Å². The molecule has 0 unspecified atom stereocenters. The summed E-state index contributed by atoms with van der Waals surface area (Å²) in [6.07, 6.45) is 18.8. The molecule has 0 aliphatic carbocycles. The van der Waals surface area contributed by atoms with Crippen LogP contribution < -0.4 is 11.5 Å². The first-order valence-corrected chi connectivity index (χ1v) is 18.4. The maximum atomic E-state index is 5.56. The van der Waals surface area contributed by atoms with Crippen LogP contribution in [0.5, 0.6) is 0 Å². The van der Waals surface area contributed by atoms with Crippen LogP contribution in [0.25, 0.3) is 5.57 Å². The van der Waals surface area contributed by atoms with Gasteiger partial charge in [0.05, 0.1) is 0 Å². The van der Waals surface area contributed by atoms with Gasteiger partial charge in [-0.3, -0.25) is 0 Å². The predicted molar refractivity (Wildman–Crippen MR) is 209 cm³/mol. The third-order valence-corrected chi connectivity index (χ3v) is 7.98. The Labute approximate surface area is 285 Å². The van der Waals surface area contributed by atoms with E-state index in [0.29, 0.717) is 6.54 Å². The molecule has 0 aromatic heterocycles. The van der Waals surface area contributed by atoms with Crippen molar-refractivity contribution < 1.29 is 0 Å². The minimum Gasteiger partial charge on any atom is -0.403 e. The van der Waals surface area contributed by atoms with Gasteiger partial charge in [-0.15, -0.1) is 0 Å². The lowest BCUT2D eigenvalue weighted by molar-refractivity contribution is 0.589. The van der Waals surface area contributed by atoms with Gasteiger partial charge in [-0.1, -0.05) is 171 Å². The van der Waals surface area contributed by atoms with Crippen molar-refractivity contribution in [1.82, 2.24) is 0 Å². The summed E-state index contributed by atoms with van der Waals surface area (Å²) in [5.41, 5.74) is 21.1. The largest absolute Gasteiger partial charge is 0.403 e. The third-order valence-electron chi connectivity index (χ3n) is 7.98. The van der Waals surface area contributed by atoms with Gasteiger partial charge in [0.15, 0.2) is 0 Å². The summed E-state index contributed by atoms with van der Waals surface area (Å²) in [4.78, 5) is 0. The van der Waals surface area contributed by atoms with E-state index < -0.39 is 0 Å². The molecule has 2 heteroatoms.